The average molecular weight is 331 g/mol. The van der Waals surface area contributed by atoms with Crippen molar-refractivity contribution in [1.29, 1.82) is 0 Å². The Kier molecular flexibility index (Phi) is 3.48. The van der Waals surface area contributed by atoms with Crippen molar-refractivity contribution >= 4 is 22.6 Å². The van der Waals surface area contributed by atoms with Gasteiger partial charge in [0.2, 0.25) is 0 Å². The van der Waals surface area contributed by atoms with Gasteiger partial charge in [-0.05, 0) is 26.7 Å². The normalized spacial score (nSPS) is 21.5. The molecule has 1 aliphatic heterocycles. The summed E-state index contributed by atoms with van der Waals surface area (Å²) in [4.78, 5) is 17.4. The van der Waals surface area contributed by atoms with Crippen LogP contribution in [0.25, 0.3) is 0 Å². The molecule has 7 heteroatoms. The van der Waals surface area contributed by atoms with Gasteiger partial charge in [-0.15, -0.1) is 0 Å². The van der Waals surface area contributed by atoms with Gasteiger partial charge in [-0.3, -0.25) is 19.3 Å². The lowest BCUT2D eigenvalue weighted by Gasteiger charge is -2.21. The van der Waals surface area contributed by atoms with Crippen LogP contribution in [0.2, 0.25) is 0 Å². The van der Waals surface area contributed by atoms with Crippen LogP contribution < -0.4 is 5.56 Å². The topological polar surface area (TPSA) is 68.0 Å². The summed E-state index contributed by atoms with van der Waals surface area (Å²) in [6.45, 7) is 4.06. The monoisotopic (exact) mass is 331 g/mol. The molecule has 0 spiro atoms. The summed E-state index contributed by atoms with van der Waals surface area (Å²) in [6, 6.07) is 0.377. The number of aromatic amines is 1. The van der Waals surface area contributed by atoms with Crippen LogP contribution in [0.5, 0.6) is 0 Å². The molecule has 122 valence electrons. The second kappa shape index (κ2) is 5.40. The molecule has 1 aliphatic carbocycles. The Hall–Kier alpha value is -1.76. The molecule has 1 atom stereocenters. The third-order valence-corrected chi connectivity index (χ3v) is 6.15. The van der Waals surface area contributed by atoms with Crippen LogP contribution in [0, 0.1) is 6.92 Å². The molecule has 0 saturated heterocycles. The van der Waals surface area contributed by atoms with Crippen molar-refractivity contribution in [3.05, 3.63) is 33.4 Å². The first-order chi connectivity index (χ1) is 11.1. The average Bonchev–Trinajstić information content (AvgIpc) is 3.21. The number of aliphatic imine (C=N–C) groups is 1. The fraction of sp³-hybridized carbons (Fsp3) is 0.562. The minimum atomic E-state index is -0.0254. The van der Waals surface area contributed by atoms with Gasteiger partial charge in [0.15, 0.2) is 5.82 Å². The first-order valence-electron chi connectivity index (χ1n) is 8.11. The highest BCUT2D eigenvalue weighted by molar-refractivity contribution is 8.14. The number of nitrogens with zero attached hydrogens (tertiary/aromatic N) is 4. The predicted octanol–water partition coefficient (Wildman–Crippen LogP) is 3.22. The number of fused-ring (bicyclic) bond motifs is 1. The van der Waals surface area contributed by atoms with Crippen molar-refractivity contribution < 1.29 is 0 Å². The summed E-state index contributed by atoms with van der Waals surface area (Å²) in [5, 5.41) is 8.38. The summed E-state index contributed by atoms with van der Waals surface area (Å²) in [6.07, 6.45) is 6.57. The van der Waals surface area contributed by atoms with Crippen LogP contribution in [0.1, 0.15) is 60.7 Å². The molecule has 0 aromatic carbocycles. The van der Waals surface area contributed by atoms with Gasteiger partial charge >= 0.3 is 0 Å². The minimum Gasteiger partial charge on any atom is -0.273 e. The van der Waals surface area contributed by atoms with Gasteiger partial charge in [0.05, 0.1) is 28.1 Å². The molecular weight excluding hydrogens is 310 g/mol. The van der Waals surface area contributed by atoms with Gasteiger partial charge in [0, 0.05) is 18.3 Å². The molecule has 6 nitrogen and oxygen atoms in total. The fourth-order valence-corrected chi connectivity index (χ4v) is 4.80. The Morgan fingerprint density at radius 3 is 2.70 bits per heavy atom. The minimum absolute atomic E-state index is 0.0103. The number of aryl methyl sites for hydroxylation is 1. The van der Waals surface area contributed by atoms with Crippen molar-refractivity contribution in [3.8, 4) is 0 Å². The molecular formula is C16H21N5OS. The number of nitrogens with one attached hydrogen (secondary N) is 1. The van der Waals surface area contributed by atoms with E-state index in [1.807, 2.05) is 36.5 Å². The SMILES string of the molecule is CC1=Nc2c(c(=O)[nH]n2C2CCCC2)[C@@H](c2cnn(C)c2C)S1. The van der Waals surface area contributed by atoms with Crippen molar-refractivity contribution in [1.82, 2.24) is 19.6 Å². The first kappa shape index (κ1) is 14.8. The molecule has 0 unspecified atom stereocenters. The number of rotatable bonds is 2. The van der Waals surface area contributed by atoms with E-state index in [4.69, 9.17) is 4.99 Å². The highest BCUT2D eigenvalue weighted by Gasteiger charge is 2.34. The Morgan fingerprint density at radius 1 is 1.30 bits per heavy atom. The number of H-pyrrole nitrogens is 1. The fourth-order valence-electron chi connectivity index (χ4n) is 3.63. The summed E-state index contributed by atoms with van der Waals surface area (Å²) >= 11 is 1.64. The zero-order valence-corrected chi connectivity index (χ0v) is 14.5. The van der Waals surface area contributed by atoms with Crippen LogP contribution in [-0.4, -0.2) is 24.6 Å². The van der Waals surface area contributed by atoms with Gasteiger partial charge in [0.1, 0.15) is 0 Å². The van der Waals surface area contributed by atoms with E-state index in [1.165, 1.54) is 12.8 Å². The van der Waals surface area contributed by atoms with E-state index in [1.54, 1.807) is 11.8 Å². The Balaban J connectivity index is 1.87. The van der Waals surface area contributed by atoms with E-state index in [2.05, 4.69) is 10.2 Å². The third-order valence-electron chi connectivity index (χ3n) is 5.00. The molecule has 2 aromatic heterocycles. The standard InChI is InChI=1S/C16H21N5OS/c1-9-12(8-17-20(9)3)14-13-15(18-10(2)23-14)21(19-16(13)22)11-6-4-5-7-11/h8,11,14H,4-7H2,1-3H3,(H,19,22)/t14-/m1/s1. The van der Waals surface area contributed by atoms with Gasteiger partial charge in [0.25, 0.3) is 5.56 Å². The van der Waals surface area contributed by atoms with Crippen molar-refractivity contribution in [2.24, 2.45) is 12.0 Å². The second-order valence-electron chi connectivity index (χ2n) is 6.42. The molecule has 3 heterocycles. The Morgan fingerprint density at radius 2 is 2.04 bits per heavy atom. The van der Waals surface area contributed by atoms with Crippen molar-refractivity contribution in [2.75, 3.05) is 0 Å². The molecule has 2 aromatic rings. The number of thioether (sulfide) groups is 1. The maximum atomic E-state index is 12.7. The first-order valence-corrected chi connectivity index (χ1v) is 8.99. The zero-order valence-electron chi connectivity index (χ0n) is 13.7. The highest BCUT2D eigenvalue weighted by atomic mass is 32.2. The van der Waals surface area contributed by atoms with Crippen LogP contribution in [0.3, 0.4) is 0 Å². The second-order valence-corrected chi connectivity index (χ2v) is 7.72. The van der Waals surface area contributed by atoms with Crippen molar-refractivity contribution in [2.45, 2.75) is 50.8 Å². The molecule has 1 fully saturated rings. The molecule has 1 N–H and O–H groups in total. The number of hydrogen-bond acceptors (Lipinski definition) is 4. The largest absolute Gasteiger partial charge is 0.273 e. The van der Waals surface area contributed by atoms with Gasteiger partial charge in [-0.2, -0.15) is 5.10 Å². The zero-order chi connectivity index (χ0) is 16.1. The summed E-state index contributed by atoms with van der Waals surface area (Å²) in [5.74, 6) is 0.825. The molecule has 1 saturated carbocycles. The quantitative estimate of drug-likeness (QED) is 0.918. The smallest absolute Gasteiger partial charge is 0.271 e. The van der Waals surface area contributed by atoms with Gasteiger partial charge in [-0.1, -0.05) is 24.6 Å². The maximum absolute atomic E-state index is 12.7. The van der Waals surface area contributed by atoms with Crippen LogP contribution in [0.15, 0.2) is 16.0 Å². The van der Waals surface area contributed by atoms with E-state index in [-0.39, 0.29) is 10.8 Å². The third kappa shape index (κ3) is 2.29. The lowest BCUT2D eigenvalue weighted by Crippen LogP contribution is -2.14. The van der Waals surface area contributed by atoms with E-state index in [0.717, 1.165) is 40.5 Å². The van der Waals surface area contributed by atoms with E-state index in [9.17, 15) is 4.79 Å². The molecule has 0 bridgehead atoms. The molecule has 23 heavy (non-hydrogen) atoms. The van der Waals surface area contributed by atoms with Crippen LogP contribution in [0.4, 0.5) is 5.82 Å². The van der Waals surface area contributed by atoms with Gasteiger partial charge in [-0.25, -0.2) is 4.99 Å². The summed E-state index contributed by atoms with van der Waals surface area (Å²) < 4.78 is 3.88. The van der Waals surface area contributed by atoms with E-state index >= 15 is 0 Å². The van der Waals surface area contributed by atoms with E-state index in [0.29, 0.717) is 6.04 Å². The lowest BCUT2D eigenvalue weighted by molar-refractivity contribution is 0.468. The number of hydrogen-bond donors (Lipinski definition) is 1. The number of aromatic nitrogens is 4. The summed E-state index contributed by atoms with van der Waals surface area (Å²) in [7, 11) is 1.93. The van der Waals surface area contributed by atoms with Crippen LogP contribution >= 0.6 is 11.8 Å². The predicted molar refractivity (Wildman–Crippen MR) is 92.7 cm³/mol. The summed E-state index contributed by atoms with van der Waals surface area (Å²) in [5.41, 5.74) is 2.96. The molecule has 4 rings (SSSR count). The maximum Gasteiger partial charge on any atom is 0.271 e. The Bertz CT molecular complexity index is 837. The molecule has 0 amide bonds. The lowest BCUT2D eigenvalue weighted by atomic mass is 10.1. The van der Waals surface area contributed by atoms with Crippen molar-refractivity contribution in [3.63, 3.8) is 0 Å². The highest BCUT2D eigenvalue weighted by Crippen LogP contribution is 2.45. The van der Waals surface area contributed by atoms with E-state index < -0.39 is 0 Å². The van der Waals surface area contributed by atoms with Crippen LogP contribution in [-0.2, 0) is 7.05 Å². The Labute approximate surface area is 139 Å². The van der Waals surface area contributed by atoms with Gasteiger partial charge < -0.3 is 0 Å². The molecule has 0 radical (unpaired) electrons. The molecule has 2 aliphatic rings.